The van der Waals surface area contributed by atoms with Gasteiger partial charge in [0.05, 0.1) is 6.42 Å². The maximum absolute atomic E-state index is 10.7. The first-order valence-corrected chi connectivity index (χ1v) is 6.22. The van der Waals surface area contributed by atoms with Gasteiger partial charge in [-0.2, -0.15) is 0 Å². The zero-order valence-corrected chi connectivity index (χ0v) is 11.4. The van der Waals surface area contributed by atoms with Crippen molar-refractivity contribution in [2.75, 3.05) is 11.4 Å². The second-order valence-electron chi connectivity index (χ2n) is 4.89. The van der Waals surface area contributed by atoms with E-state index in [1.54, 1.807) is 6.33 Å². The van der Waals surface area contributed by atoms with E-state index in [2.05, 4.69) is 23.8 Å². The molecule has 0 atom stereocenters. The average molecular weight is 251 g/mol. The van der Waals surface area contributed by atoms with Crippen molar-refractivity contribution in [2.45, 2.75) is 46.1 Å². The molecule has 1 heterocycles. The molecule has 18 heavy (non-hydrogen) atoms. The van der Waals surface area contributed by atoms with Gasteiger partial charge in [-0.15, -0.1) is 0 Å². The standard InChI is InChI=1S/C13H21N3O2/c1-9(2)11-7-12(15-8-14-11)16(10(3)4)6-5-13(17)18/h7-10H,5-6H2,1-4H3,(H,17,18). The summed E-state index contributed by atoms with van der Waals surface area (Å²) in [6.45, 7) is 8.66. The molecule has 5 nitrogen and oxygen atoms in total. The summed E-state index contributed by atoms with van der Waals surface area (Å²) in [5.41, 5.74) is 0.973. The minimum atomic E-state index is -0.793. The molecule has 0 spiro atoms. The third-order valence-electron chi connectivity index (χ3n) is 2.75. The van der Waals surface area contributed by atoms with Gasteiger partial charge in [0.15, 0.2) is 0 Å². The van der Waals surface area contributed by atoms with Crippen molar-refractivity contribution < 1.29 is 9.90 Å². The fraction of sp³-hybridized carbons (Fsp3) is 0.615. The van der Waals surface area contributed by atoms with E-state index in [1.165, 1.54) is 0 Å². The monoisotopic (exact) mass is 251 g/mol. The van der Waals surface area contributed by atoms with E-state index in [9.17, 15) is 4.79 Å². The van der Waals surface area contributed by atoms with Crippen molar-refractivity contribution in [2.24, 2.45) is 0 Å². The topological polar surface area (TPSA) is 66.3 Å². The molecule has 0 saturated heterocycles. The van der Waals surface area contributed by atoms with Crippen molar-refractivity contribution in [1.82, 2.24) is 9.97 Å². The van der Waals surface area contributed by atoms with Crippen LogP contribution < -0.4 is 4.90 Å². The van der Waals surface area contributed by atoms with E-state index in [0.29, 0.717) is 12.5 Å². The highest BCUT2D eigenvalue weighted by Gasteiger charge is 2.14. The maximum Gasteiger partial charge on any atom is 0.305 e. The molecular formula is C13H21N3O2. The fourth-order valence-electron chi connectivity index (χ4n) is 1.69. The number of carboxylic acid groups (broad SMARTS) is 1. The lowest BCUT2D eigenvalue weighted by atomic mass is 10.1. The molecule has 0 unspecified atom stereocenters. The van der Waals surface area contributed by atoms with Gasteiger partial charge in [-0.3, -0.25) is 4.79 Å². The third kappa shape index (κ3) is 3.98. The van der Waals surface area contributed by atoms with Gasteiger partial charge in [0.25, 0.3) is 0 Å². The number of carbonyl (C=O) groups is 1. The van der Waals surface area contributed by atoms with Crippen LogP contribution in [0.15, 0.2) is 12.4 Å². The quantitative estimate of drug-likeness (QED) is 0.840. The van der Waals surface area contributed by atoms with E-state index < -0.39 is 5.97 Å². The lowest BCUT2D eigenvalue weighted by Crippen LogP contribution is -2.33. The van der Waals surface area contributed by atoms with Crippen LogP contribution in [0.5, 0.6) is 0 Å². The van der Waals surface area contributed by atoms with Crippen LogP contribution in [0.1, 0.15) is 45.7 Å². The Hall–Kier alpha value is -1.65. The number of aromatic nitrogens is 2. The first-order chi connectivity index (χ1) is 8.41. The van der Waals surface area contributed by atoms with Crippen molar-refractivity contribution in [1.29, 1.82) is 0 Å². The van der Waals surface area contributed by atoms with Crippen LogP contribution in [0.2, 0.25) is 0 Å². The van der Waals surface area contributed by atoms with E-state index >= 15 is 0 Å². The number of anilines is 1. The highest BCUT2D eigenvalue weighted by molar-refractivity contribution is 5.67. The molecular weight excluding hydrogens is 230 g/mol. The van der Waals surface area contributed by atoms with E-state index in [0.717, 1.165) is 11.5 Å². The smallest absolute Gasteiger partial charge is 0.305 e. The minimum absolute atomic E-state index is 0.110. The highest BCUT2D eigenvalue weighted by atomic mass is 16.4. The summed E-state index contributed by atoms with van der Waals surface area (Å²) in [6, 6.07) is 2.14. The number of aliphatic carboxylic acids is 1. The number of carboxylic acids is 1. The molecule has 0 aliphatic heterocycles. The number of hydrogen-bond acceptors (Lipinski definition) is 4. The summed E-state index contributed by atoms with van der Waals surface area (Å²) < 4.78 is 0. The number of rotatable bonds is 6. The van der Waals surface area contributed by atoms with Gasteiger partial charge in [-0.25, -0.2) is 9.97 Å². The van der Waals surface area contributed by atoms with Crippen LogP contribution in [0, 0.1) is 0 Å². The summed E-state index contributed by atoms with van der Waals surface area (Å²) in [7, 11) is 0. The van der Waals surface area contributed by atoms with Crippen LogP contribution in [0.3, 0.4) is 0 Å². The second kappa shape index (κ2) is 6.33. The van der Waals surface area contributed by atoms with Gasteiger partial charge in [0.2, 0.25) is 0 Å². The van der Waals surface area contributed by atoms with Crippen molar-refractivity contribution >= 4 is 11.8 Å². The Morgan fingerprint density at radius 2 is 2.00 bits per heavy atom. The molecule has 0 amide bonds. The van der Waals surface area contributed by atoms with E-state index in [4.69, 9.17) is 5.11 Å². The lowest BCUT2D eigenvalue weighted by Gasteiger charge is -2.27. The molecule has 1 N–H and O–H groups in total. The zero-order chi connectivity index (χ0) is 13.7. The van der Waals surface area contributed by atoms with Gasteiger partial charge in [0.1, 0.15) is 12.1 Å². The van der Waals surface area contributed by atoms with E-state index in [1.807, 2.05) is 24.8 Å². The Labute approximate surface area is 108 Å². The Morgan fingerprint density at radius 1 is 1.33 bits per heavy atom. The molecule has 0 bridgehead atoms. The molecule has 0 aliphatic carbocycles. The van der Waals surface area contributed by atoms with Gasteiger partial charge >= 0.3 is 5.97 Å². The summed E-state index contributed by atoms with van der Waals surface area (Å²) in [6.07, 6.45) is 1.65. The predicted molar refractivity (Wildman–Crippen MR) is 70.9 cm³/mol. The van der Waals surface area contributed by atoms with Crippen LogP contribution in [0.4, 0.5) is 5.82 Å². The fourth-order valence-corrected chi connectivity index (χ4v) is 1.69. The molecule has 0 fully saturated rings. The average Bonchev–Trinajstić information content (AvgIpc) is 2.28. The Kier molecular flexibility index (Phi) is 5.07. The maximum atomic E-state index is 10.7. The zero-order valence-electron chi connectivity index (χ0n) is 11.4. The van der Waals surface area contributed by atoms with Gasteiger partial charge in [-0.05, 0) is 19.8 Å². The summed E-state index contributed by atoms with van der Waals surface area (Å²) in [5, 5.41) is 8.77. The predicted octanol–water partition coefficient (Wildman–Crippen LogP) is 2.29. The van der Waals surface area contributed by atoms with Crippen LogP contribution in [-0.2, 0) is 4.79 Å². The second-order valence-corrected chi connectivity index (χ2v) is 4.89. The molecule has 1 aromatic heterocycles. The Balaban J connectivity index is 2.91. The molecule has 0 saturated carbocycles. The lowest BCUT2D eigenvalue weighted by molar-refractivity contribution is -0.136. The number of nitrogens with zero attached hydrogens (tertiary/aromatic N) is 3. The summed E-state index contributed by atoms with van der Waals surface area (Å²) >= 11 is 0. The van der Waals surface area contributed by atoms with Crippen LogP contribution >= 0.6 is 0 Å². The first kappa shape index (κ1) is 14.4. The van der Waals surface area contributed by atoms with Gasteiger partial charge in [-0.1, -0.05) is 13.8 Å². The van der Waals surface area contributed by atoms with Gasteiger partial charge in [0, 0.05) is 24.3 Å². The van der Waals surface area contributed by atoms with Crippen LogP contribution in [0.25, 0.3) is 0 Å². The largest absolute Gasteiger partial charge is 0.481 e. The SMILES string of the molecule is CC(C)c1cc(N(CCC(=O)O)C(C)C)ncn1. The van der Waals surface area contributed by atoms with Gasteiger partial charge < -0.3 is 10.0 Å². The van der Waals surface area contributed by atoms with Crippen LogP contribution in [-0.4, -0.2) is 33.6 Å². The number of hydrogen-bond donors (Lipinski definition) is 1. The Morgan fingerprint density at radius 3 is 2.50 bits per heavy atom. The Bertz CT molecular complexity index is 405. The van der Waals surface area contributed by atoms with Crippen molar-refractivity contribution in [3.63, 3.8) is 0 Å². The highest BCUT2D eigenvalue weighted by Crippen LogP contribution is 2.19. The molecule has 5 heteroatoms. The molecule has 0 aromatic carbocycles. The molecule has 0 radical (unpaired) electrons. The molecule has 0 aliphatic rings. The molecule has 100 valence electrons. The normalized spacial score (nSPS) is 11.0. The minimum Gasteiger partial charge on any atom is -0.481 e. The first-order valence-electron chi connectivity index (χ1n) is 6.22. The van der Waals surface area contributed by atoms with Crippen molar-refractivity contribution in [3.05, 3.63) is 18.1 Å². The van der Waals surface area contributed by atoms with Crippen molar-refractivity contribution in [3.8, 4) is 0 Å². The summed E-state index contributed by atoms with van der Waals surface area (Å²) in [4.78, 5) is 21.1. The summed E-state index contributed by atoms with van der Waals surface area (Å²) in [5.74, 6) is 0.337. The van der Waals surface area contributed by atoms with E-state index in [-0.39, 0.29) is 12.5 Å². The molecule has 1 rings (SSSR count). The molecule has 1 aromatic rings. The third-order valence-corrected chi connectivity index (χ3v) is 2.75.